The minimum atomic E-state index is -1.16. The van der Waals surface area contributed by atoms with Crippen LogP contribution in [0.25, 0.3) is 0 Å². The average Bonchev–Trinajstić information content (AvgIpc) is 2.84. The number of pyridine rings is 1. The van der Waals surface area contributed by atoms with Gasteiger partial charge in [-0.25, -0.2) is 14.6 Å². The summed E-state index contributed by atoms with van der Waals surface area (Å²) < 4.78 is 0. The molecule has 6 heteroatoms. The van der Waals surface area contributed by atoms with Gasteiger partial charge in [0.2, 0.25) is 0 Å². The Balaban J connectivity index is 1.93. The van der Waals surface area contributed by atoms with Gasteiger partial charge < -0.3 is 15.7 Å². The number of urea groups is 1. The fourth-order valence-electron chi connectivity index (χ4n) is 2.54. The second kappa shape index (κ2) is 5.90. The molecule has 0 radical (unpaired) electrons. The van der Waals surface area contributed by atoms with Gasteiger partial charge in [0.05, 0.1) is 5.69 Å². The van der Waals surface area contributed by atoms with E-state index in [0.717, 1.165) is 12.8 Å². The molecule has 1 aliphatic rings. The first-order valence-corrected chi connectivity index (χ1v) is 6.73. The topological polar surface area (TPSA) is 91.3 Å². The number of rotatable bonds is 4. The number of carboxylic acids is 1. The molecule has 0 unspecified atom stereocenters. The van der Waals surface area contributed by atoms with E-state index in [9.17, 15) is 9.59 Å². The molecule has 1 heterocycles. The standard InChI is InChI=1S/C14H19N3O3/c1-14(6-2-3-7-14)9-16-13(20)17-10-5-4-8-15-11(10)12(18)19/h4-5,8H,2-3,6-7,9H2,1H3,(H,18,19)(H2,16,17,20). The van der Waals surface area contributed by atoms with E-state index in [1.807, 2.05) is 0 Å². The number of amides is 2. The van der Waals surface area contributed by atoms with Crippen molar-refractivity contribution < 1.29 is 14.7 Å². The molecule has 20 heavy (non-hydrogen) atoms. The summed E-state index contributed by atoms with van der Waals surface area (Å²) in [7, 11) is 0. The Morgan fingerprint density at radius 3 is 2.75 bits per heavy atom. The molecule has 0 bridgehead atoms. The van der Waals surface area contributed by atoms with Crippen LogP contribution in [0.15, 0.2) is 18.3 Å². The molecule has 3 N–H and O–H groups in total. The fraction of sp³-hybridized carbons (Fsp3) is 0.500. The molecule has 1 fully saturated rings. The number of hydrogen-bond donors (Lipinski definition) is 3. The number of carbonyl (C=O) groups is 2. The Bertz CT molecular complexity index is 510. The molecular formula is C14H19N3O3. The Kier molecular flexibility index (Phi) is 4.22. The summed E-state index contributed by atoms with van der Waals surface area (Å²) in [6, 6.07) is 2.71. The largest absolute Gasteiger partial charge is 0.476 e. The van der Waals surface area contributed by atoms with E-state index in [1.165, 1.54) is 25.1 Å². The van der Waals surface area contributed by atoms with E-state index in [1.54, 1.807) is 6.07 Å². The summed E-state index contributed by atoms with van der Waals surface area (Å²) >= 11 is 0. The van der Waals surface area contributed by atoms with E-state index in [4.69, 9.17) is 5.11 Å². The van der Waals surface area contributed by atoms with Gasteiger partial charge >= 0.3 is 12.0 Å². The number of carbonyl (C=O) groups excluding carboxylic acids is 1. The van der Waals surface area contributed by atoms with Gasteiger partial charge in [-0.1, -0.05) is 19.8 Å². The zero-order valence-corrected chi connectivity index (χ0v) is 11.5. The molecule has 6 nitrogen and oxygen atoms in total. The highest BCUT2D eigenvalue weighted by atomic mass is 16.4. The summed E-state index contributed by atoms with van der Waals surface area (Å²) in [5.74, 6) is -1.16. The highest BCUT2D eigenvalue weighted by molar-refractivity contribution is 5.98. The van der Waals surface area contributed by atoms with Crippen molar-refractivity contribution in [3.05, 3.63) is 24.0 Å². The number of carboxylic acid groups (broad SMARTS) is 1. The monoisotopic (exact) mass is 277 g/mol. The second-order valence-corrected chi connectivity index (χ2v) is 5.53. The Hall–Kier alpha value is -2.11. The van der Waals surface area contributed by atoms with Crippen molar-refractivity contribution in [3.63, 3.8) is 0 Å². The second-order valence-electron chi connectivity index (χ2n) is 5.53. The Morgan fingerprint density at radius 2 is 2.10 bits per heavy atom. The number of hydrogen-bond acceptors (Lipinski definition) is 3. The maximum Gasteiger partial charge on any atom is 0.356 e. The van der Waals surface area contributed by atoms with E-state index in [0.29, 0.717) is 6.54 Å². The lowest BCUT2D eigenvalue weighted by atomic mass is 9.89. The van der Waals surface area contributed by atoms with Gasteiger partial charge in [0.1, 0.15) is 0 Å². The molecule has 1 aromatic heterocycles. The lowest BCUT2D eigenvalue weighted by molar-refractivity contribution is 0.0691. The molecule has 2 rings (SSSR count). The first kappa shape index (κ1) is 14.3. The first-order chi connectivity index (χ1) is 9.50. The Labute approximate surface area is 117 Å². The number of nitrogens with zero attached hydrogens (tertiary/aromatic N) is 1. The highest BCUT2D eigenvalue weighted by Crippen LogP contribution is 2.36. The van der Waals surface area contributed by atoms with Gasteiger partial charge in [0, 0.05) is 12.7 Å². The summed E-state index contributed by atoms with van der Waals surface area (Å²) in [5.41, 5.74) is 0.200. The quantitative estimate of drug-likeness (QED) is 0.788. The van der Waals surface area contributed by atoms with Crippen LogP contribution in [-0.4, -0.2) is 28.6 Å². The van der Waals surface area contributed by atoms with Crippen molar-refractivity contribution in [1.29, 1.82) is 0 Å². The molecule has 108 valence electrons. The van der Waals surface area contributed by atoms with E-state index in [2.05, 4.69) is 22.5 Å². The van der Waals surface area contributed by atoms with Crippen LogP contribution in [0.4, 0.5) is 10.5 Å². The molecule has 0 saturated heterocycles. The van der Waals surface area contributed by atoms with Crippen molar-refractivity contribution in [3.8, 4) is 0 Å². The van der Waals surface area contributed by atoms with Crippen LogP contribution in [0.1, 0.15) is 43.1 Å². The van der Waals surface area contributed by atoms with Crippen LogP contribution in [-0.2, 0) is 0 Å². The van der Waals surface area contributed by atoms with Crippen molar-refractivity contribution in [2.45, 2.75) is 32.6 Å². The molecule has 0 aliphatic heterocycles. The molecule has 2 amide bonds. The zero-order valence-electron chi connectivity index (χ0n) is 11.5. The molecule has 0 spiro atoms. The van der Waals surface area contributed by atoms with Crippen molar-refractivity contribution in [1.82, 2.24) is 10.3 Å². The van der Waals surface area contributed by atoms with Crippen LogP contribution < -0.4 is 10.6 Å². The third-order valence-electron chi connectivity index (χ3n) is 3.74. The lowest BCUT2D eigenvalue weighted by Crippen LogP contribution is -2.37. The van der Waals surface area contributed by atoms with Gasteiger partial charge in [0.15, 0.2) is 5.69 Å². The highest BCUT2D eigenvalue weighted by Gasteiger charge is 2.28. The van der Waals surface area contributed by atoms with E-state index in [-0.39, 0.29) is 16.8 Å². The summed E-state index contributed by atoms with van der Waals surface area (Å²) in [6.45, 7) is 2.76. The summed E-state index contributed by atoms with van der Waals surface area (Å²) in [4.78, 5) is 26.6. The fourth-order valence-corrected chi connectivity index (χ4v) is 2.54. The predicted octanol–water partition coefficient (Wildman–Crippen LogP) is 2.48. The van der Waals surface area contributed by atoms with Crippen molar-refractivity contribution >= 4 is 17.7 Å². The van der Waals surface area contributed by atoms with E-state index >= 15 is 0 Å². The number of aromatic carboxylic acids is 1. The maximum absolute atomic E-state index is 11.8. The van der Waals surface area contributed by atoms with Gasteiger partial charge in [-0.05, 0) is 30.4 Å². The predicted molar refractivity (Wildman–Crippen MR) is 74.8 cm³/mol. The van der Waals surface area contributed by atoms with Gasteiger partial charge in [-0.2, -0.15) is 0 Å². The minimum Gasteiger partial charge on any atom is -0.476 e. The number of nitrogens with one attached hydrogen (secondary N) is 2. The van der Waals surface area contributed by atoms with Crippen LogP contribution >= 0.6 is 0 Å². The molecule has 1 aliphatic carbocycles. The van der Waals surface area contributed by atoms with Crippen LogP contribution in [0.2, 0.25) is 0 Å². The first-order valence-electron chi connectivity index (χ1n) is 6.73. The molecular weight excluding hydrogens is 258 g/mol. The molecule has 0 atom stereocenters. The smallest absolute Gasteiger partial charge is 0.356 e. The van der Waals surface area contributed by atoms with Crippen molar-refractivity contribution in [2.75, 3.05) is 11.9 Å². The Morgan fingerprint density at radius 1 is 1.40 bits per heavy atom. The zero-order chi connectivity index (χ0) is 14.6. The third-order valence-corrected chi connectivity index (χ3v) is 3.74. The lowest BCUT2D eigenvalue weighted by Gasteiger charge is -2.23. The third kappa shape index (κ3) is 3.46. The number of anilines is 1. The minimum absolute atomic E-state index is 0.155. The normalized spacial score (nSPS) is 16.6. The van der Waals surface area contributed by atoms with Gasteiger partial charge in [-0.3, -0.25) is 0 Å². The maximum atomic E-state index is 11.8. The average molecular weight is 277 g/mol. The van der Waals surface area contributed by atoms with E-state index < -0.39 is 12.0 Å². The van der Waals surface area contributed by atoms with Crippen LogP contribution in [0, 0.1) is 5.41 Å². The molecule has 0 aromatic carbocycles. The summed E-state index contributed by atoms with van der Waals surface area (Å²) in [6.07, 6.45) is 6.00. The number of aromatic nitrogens is 1. The van der Waals surface area contributed by atoms with Gasteiger partial charge in [0.25, 0.3) is 0 Å². The van der Waals surface area contributed by atoms with Crippen molar-refractivity contribution in [2.24, 2.45) is 5.41 Å². The SMILES string of the molecule is CC1(CNC(=O)Nc2cccnc2C(=O)O)CCCC1. The summed E-state index contributed by atoms with van der Waals surface area (Å²) in [5, 5.41) is 14.3. The van der Waals surface area contributed by atoms with Crippen LogP contribution in [0.3, 0.4) is 0 Å². The van der Waals surface area contributed by atoms with Crippen LogP contribution in [0.5, 0.6) is 0 Å². The molecule has 1 saturated carbocycles. The molecule has 1 aromatic rings. The van der Waals surface area contributed by atoms with Gasteiger partial charge in [-0.15, -0.1) is 0 Å².